The second-order valence-electron chi connectivity index (χ2n) is 5.17. The molecule has 1 N–H and O–H groups in total. The number of nitrogens with one attached hydrogen (secondary N) is 1. The van der Waals surface area contributed by atoms with E-state index in [0.29, 0.717) is 12.6 Å². The molecule has 1 unspecified atom stereocenters. The summed E-state index contributed by atoms with van der Waals surface area (Å²) in [5, 5.41) is 12.0. The van der Waals surface area contributed by atoms with Crippen LogP contribution in [0.2, 0.25) is 0 Å². The van der Waals surface area contributed by atoms with Crippen LogP contribution in [0.1, 0.15) is 36.0 Å². The number of aryl methyl sites for hydroxylation is 1. The molecular formula is C15H16N4O. The molecule has 1 aliphatic carbocycles. The molecule has 5 nitrogen and oxygen atoms in total. The number of hydrogen-bond donors (Lipinski definition) is 1. The van der Waals surface area contributed by atoms with Crippen LogP contribution in [0.15, 0.2) is 41.1 Å². The number of aromatic nitrogens is 3. The zero-order valence-corrected chi connectivity index (χ0v) is 11.1. The minimum atomic E-state index is 0.355. The summed E-state index contributed by atoms with van der Waals surface area (Å²) in [6, 6.07) is 8.36. The van der Waals surface area contributed by atoms with Crippen molar-refractivity contribution in [2.45, 2.75) is 31.8 Å². The Morgan fingerprint density at radius 3 is 3.30 bits per heavy atom. The molecule has 0 saturated carbocycles. The zero-order chi connectivity index (χ0) is 13.4. The summed E-state index contributed by atoms with van der Waals surface area (Å²) in [5.41, 5.74) is 2.18. The number of pyridine rings is 1. The highest BCUT2D eigenvalue weighted by Crippen LogP contribution is 2.30. The molecule has 1 aliphatic rings. The first-order chi connectivity index (χ1) is 9.92. The van der Waals surface area contributed by atoms with Crippen LogP contribution in [-0.2, 0) is 13.0 Å². The van der Waals surface area contributed by atoms with E-state index in [1.165, 1.54) is 12.0 Å². The number of nitrogens with zero attached hydrogens (tertiary/aromatic N) is 3. The number of fused-ring (bicyclic) bond motifs is 2. The van der Waals surface area contributed by atoms with Gasteiger partial charge in [-0.1, -0.05) is 6.07 Å². The van der Waals surface area contributed by atoms with Gasteiger partial charge in [0.25, 0.3) is 0 Å². The molecular weight excluding hydrogens is 252 g/mol. The summed E-state index contributed by atoms with van der Waals surface area (Å²) in [6.07, 6.45) is 7.14. The third-order valence-corrected chi connectivity index (χ3v) is 3.94. The van der Waals surface area contributed by atoms with E-state index in [1.54, 1.807) is 6.26 Å². The van der Waals surface area contributed by atoms with Crippen LogP contribution in [0, 0.1) is 0 Å². The second-order valence-corrected chi connectivity index (χ2v) is 5.17. The summed E-state index contributed by atoms with van der Waals surface area (Å²) in [6.45, 7) is 0.709. The fourth-order valence-electron chi connectivity index (χ4n) is 2.92. The molecule has 20 heavy (non-hydrogen) atoms. The number of rotatable bonds is 3. The Kier molecular flexibility index (Phi) is 2.77. The molecule has 4 rings (SSSR count). The lowest BCUT2D eigenvalue weighted by atomic mass is 9.93. The highest BCUT2D eigenvalue weighted by atomic mass is 16.3. The van der Waals surface area contributed by atoms with Gasteiger partial charge >= 0.3 is 0 Å². The topological polar surface area (TPSA) is 55.4 Å². The van der Waals surface area contributed by atoms with Crippen LogP contribution in [0.5, 0.6) is 0 Å². The van der Waals surface area contributed by atoms with E-state index in [1.807, 2.05) is 28.8 Å². The first kappa shape index (κ1) is 11.7. The normalized spacial score (nSPS) is 18.3. The molecule has 0 bridgehead atoms. The van der Waals surface area contributed by atoms with Gasteiger partial charge in [0, 0.05) is 24.2 Å². The molecule has 3 heterocycles. The smallest absolute Gasteiger partial charge is 0.160 e. The third kappa shape index (κ3) is 1.91. The standard InChI is InChI=1S/C15H16N4O/c1-2-8-19-14(6-1)17-18-15(19)10-16-12-4-3-5-13-11(12)7-9-20-13/h1-2,6-9,12,16H,3-5,10H2. The van der Waals surface area contributed by atoms with E-state index in [2.05, 4.69) is 21.6 Å². The Morgan fingerprint density at radius 1 is 1.30 bits per heavy atom. The van der Waals surface area contributed by atoms with Gasteiger partial charge in [0.05, 0.1) is 12.8 Å². The van der Waals surface area contributed by atoms with Gasteiger partial charge in [-0.15, -0.1) is 10.2 Å². The van der Waals surface area contributed by atoms with Crippen LogP contribution < -0.4 is 5.32 Å². The highest BCUT2D eigenvalue weighted by Gasteiger charge is 2.22. The van der Waals surface area contributed by atoms with E-state index in [-0.39, 0.29) is 0 Å². The molecule has 0 radical (unpaired) electrons. The minimum Gasteiger partial charge on any atom is -0.469 e. The van der Waals surface area contributed by atoms with Crippen LogP contribution in [0.4, 0.5) is 0 Å². The Balaban J connectivity index is 1.54. The van der Waals surface area contributed by atoms with Crippen LogP contribution in [-0.4, -0.2) is 14.6 Å². The zero-order valence-electron chi connectivity index (χ0n) is 11.1. The molecule has 0 aromatic carbocycles. The fraction of sp³-hybridized carbons (Fsp3) is 0.333. The molecule has 0 spiro atoms. The van der Waals surface area contributed by atoms with Gasteiger partial charge in [0.1, 0.15) is 5.76 Å². The van der Waals surface area contributed by atoms with Crippen molar-refractivity contribution in [1.82, 2.24) is 19.9 Å². The average molecular weight is 268 g/mol. The van der Waals surface area contributed by atoms with Gasteiger partial charge in [-0.2, -0.15) is 0 Å². The monoisotopic (exact) mass is 268 g/mol. The van der Waals surface area contributed by atoms with E-state index < -0.39 is 0 Å². The van der Waals surface area contributed by atoms with E-state index in [9.17, 15) is 0 Å². The van der Waals surface area contributed by atoms with Crippen molar-refractivity contribution in [2.75, 3.05) is 0 Å². The van der Waals surface area contributed by atoms with Gasteiger partial charge in [-0.3, -0.25) is 4.40 Å². The first-order valence-electron chi connectivity index (χ1n) is 7.00. The maximum atomic E-state index is 5.52. The lowest BCUT2D eigenvalue weighted by Crippen LogP contribution is -2.24. The Hall–Kier alpha value is -2.14. The van der Waals surface area contributed by atoms with E-state index in [4.69, 9.17) is 4.42 Å². The SMILES string of the molecule is c1ccn2c(CNC3CCCc4occc43)nnc2c1. The van der Waals surface area contributed by atoms with Crippen molar-refractivity contribution >= 4 is 5.65 Å². The van der Waals surface area contributed by atoms with E-state index >= 15 is 0 Å². The van der Waals surface area contributed by atoms with Crippen LogP contribution in [0.25, 0.3) is 5.65 Å². The quantitative estimate of drug-likeness (QED) is 0.793. The summed E-state index contributed by atoms with van der Waals surface area (Å²) in [4.78, 5) is 0. The van der Waals surface area contributed by atoms with Crippen molar-refractivity contribution in [3.63, 3.8) is 0 Å². The van der Waals surface area contributed by atoms with Crippen molar-refractivity contribution in [1.29, 1.82) is 0 Å². The lowest BCUT2D eigenvalue weighted by molar-refractivity contribution is 0.407. The predicted molar refractivity (Wildman–Crippen MR) is 74.2 cm³/mol. The number of hydrogen-bond acceptors (Lipinski definition) is 4. The predicted octanol–water partition coefficient (Wildman–Crippen LogP) is 2.49. The van der Waals surface area contributed by atoms with Crippen molar-refractivity contribution in [3.05, 3.63) is 53.9 Å². The molecule has 5 heteroatoms. The summed E-state index contributed by atoms with van der Waals surface area (Å²) in [5.74, 6) is 2.07. The lowest BCUT2D eigenvalue weighted by Gasteiger charge is -2.22. The Bertz CT molecular complexity index is 730. The maximum Gasteiger partial charge on any atom is 0.160 e. The largest absolute Gasteiger partial charge is 0.469 e. The van der Waals surface area contributed by atoms with Crippen LogP contribution >= 0.6 is 0 Å². The van der Waals surface area contributed by atoms with Crippen molar-refractivity contribution in [3.8, 4) is 0 Å². The second kappa shape index (κ2) is 4.76. The fourth-order valence-corrected chi connectivity index (χ4v) is 2.92. The Morgan fingerprint density at radius 2 is 2.30 bits per heavy atom. The summed E-state index contributed by atoms with van der Waals surface area (Å²) >= 11 is 0. The Labute approximate surface area is 116 Å². The third-order valence-electron chi connectivity index (χ3n) is 3.94. The molecule has 3 aromatic heterocycles. The van der Waals surface area contributed by atoms with Gasteiger partial charge in [0.2, 0.25) is 0 Å². The molecule has 0 amide bonds. The maximum absolute atomic E-state index is 5.52. The molecule has 3 aromatic rings. The van der Waals surface area contributed by atoms with Gasteiger partial charge in [-0.05, 0) is 31.0 Å². The van der Waals surface area contributed by atoms with Gasteiger partial charge in [-0.25, -0.2) is 0 Å². The molecule has 0 aliphatic heterocycles. The van der Waals surface area contributed by atoms with Crippen molar-refractivity contribution < 1.29 is 4.42 Å². The first-order valence-corrected chi connectivity index (χ1v) is 7.00. The van der Waals surface area contributed by atoms with E-state index in [0.717, 1.165) is 30.1 Å². The van der Waals surface area contributed by atoms with Gasteiger partial charge in [0.15, 0.2) is 11.5 Å². The molecule has 0 fully saturated rings. The summed E-state index contributed by atoms with van der Waals surface area (Å²) in [7, 11) is 0. The number of furan rings is 1. The highest BCUT2D eigenvalue weighted by molar-refractivity contribution is 5.37. The average Bonchev–Trinajstić information content (AvgIpc) is 3.12. The molecule has 102 valence electrons. The molecule has 1 atom stereocenters. The van der Waals surface area contributed by atoms with Crippen LogP contribution in [0.3, 0.4) is 0 Å². The van der Waals surface area contributed by atoms with Crippen molar-refractivity contribution in [2.24, 2.45) is 0 Å². The summed E-state index contributed by atoms with van der Waals surface area (Å²) < 4.78 is 7.54. The molecule has 0 saturated heterocycles. The van der Waals surface area contributed by atoms with Gasteiger partial charge < -0.3 is 9.73 Å². The minimum absolute atomic E-state index is 0.355.